The molecule has 1 aliphatic carbocycles. The van der Waals surface area contributed by atoms with Crippen LogP contribution < -0.4 is 9.80 Å². The van der Waals surface area contributed by atoms with Crippen LogP contribution in [0.1, 0.15) is 12.8 Å². The molecule has 2 aromatic heterocycles. The van der Waals surface area contributed by atoms with Crippen LogP contribution in [0.3, 0.4) is 0 Å². The Hall–Kier alpha value is -1.93. The lowest BCUT2D eigenvalue weighted by atomic mass is 10.3. The number of hydrogen-bond donors (Lipinski definition) is 0. The van der Waals surface area contributed by atoms with Gasteiger partial charge in [-0.05, 0) is 18.8 Å². The van der Waals surface area contributed by atoms with Crippen LogP contribution in [-0.2, 0) is 16.0 Å². The van der Waals surface area contributed by atoms with Gasteiger partial charge in [-0.2, -0.15) is 0 Å². The number of nitrogens with zero attached hydrogens (tertiary/aromatic N) is 6. The van der Waals surface area contributed by atoms with Crippen LogP contribution >= 0.6 is 0 Å². The summed E-state index contributed by atoms with van der Waals surface area (Å²) in [5.74, 6) is 2.73. The first-order chi connectivity index (χ1) is 12.4. The van der Waals surface area contributed by atoms with Crippen molar-refractivity contribution in [3.8, 4) is 0 Å². The Labute approximate surface area is 146 Å². The van der Waals surface area contributed by atoms with Crippen LogP contribution in [0, 0.1) is 5.92 Å². The Kier molecular flexibility index (Phi) is 3.94. The lowest BCUT2D eigenvalue weighted by Crippen LogP contribution is -2.38. The van der Waals surface area contributed by atoms with E-state index in [9.17, 15) is 0 Å². The molecule has 0 spiro atoms. The highest BCUT2D eigenvalue weighted by Crippen LogP contribution is 2.35. The maximum atomic E-state index is 5.52. The van der Waals surface area contributed by atoms with E-state index in [1.807, 2.05) is 0 Å². The van der Waals surface area contributed by atoms with Crippen molar-refractivity contribution in [1.82, 2.24) is 19.5 Å². The molecule has 0 amide bonds. The third-order valence-corrected chi connectivity index (χ3v) is 5.23. The topological polar surface area (TPSA) is 68.5 Å². The van der Waals surface area contributed by atoms with Crippen molar-refractivity contribution in [2.24, 2.45) is 5.92 Å². The van der Waals surface area contributed by atoms with Crippen LogP contribution in [0.15, 0.2) is 6.33 Å². The zero-order valence-electron chi connectivity index (χ0n) is 14.4. The van der Waals surface area contributed by atoms with E-state index in [2.05, 4.69) is 24.3 Å². The minimum absolute atomic E-state index is 0.741. The van der Waals surface area contributed by atoms with Crippen molar-refractivity contribution in [1.29, 1.82) is 0 Å². The summed E-state index contributed by atoms with van der Waals surface area (Å²) in [7, 11) is 0. The maximum Gasteiger partial charge on any atom is 0.208 e. The molecule has 0 unspecified atom stereocenters. The monoisotopic (exact) mass is 344 g/mol. The number of ether oxygens (including phenoxy) is 2. The van der Waals surface area contributed by atoms with E-state index in [0.717, 1.165) is 88.0 Å². The fourth-order valence-electron chi connectivity index (χ4n) is 3.65. The van der Waals surface area contributed by atoms with Gasteiger partial charge in [0.1, 0.15) is 6.33 Å². The molecule has 134 valence electrons. The van der Waals surface area contributed by atoms with Crippen molar-refractivity contribution in [3.05, 3.63) is 6.33 Å². The lowest BCUT2D eigenvalue weighted by Gasteiger charge is -2.28. The van der Waals surface area contributed by atoms with E-state index in [4.69, 9.17) is 14.5 Å². The van der Waals surface area contributed by atoms with Gasteiger partial charge in [-0.1, -0.05) is 0 Å². The van der Waals surface area contributed by atoms with Gasteiger partial charge in [0, 0.05) is 32.7 Å². The van der Waals surface area contributed by atoms with Gasteiger partial charge in [0.05, 0.1) is 26.4 Å². The predicted molar refractivity (Wildman–Crippen MR) is 94.1 cm³/mol. The summed E-state index contributed by atoms with van der Waals surface area (Å²) in [4.78, 5) is 18.8. The Morgan fingerprint density at radius 2 is 1.60 bits per heavy atom. The fraction of sp³-hybridized carbons (Fsp3) is 0.706. The highest BCUT2D eigenvalue weighted by atomic mass is 16.5. The van der Waals surface area contributed by atoms with Crippen molar-refractivity contribution < 1.29 is 9.47 Å². The maximum absolute atomic E-state index is 5.52. The average Bonchev–Trinajstić information content (AvgIpc) is 3.43. The zero-order valence-corrected chi connectivity index (χ0v) is 14.4. The second-order valence-corrected chi connectivity index (χ2v) is 7.03. The van der Waals surface area contributed by atoms with Crippen molar-refractivity contribution >= 4 is 22.9 Å². The average molecular weight is 344 g/mol. The van der Waals surface area contributed by atoms with Gasteiger partial charge in [0.15, 0.2) is 17.0 Å². The Bertz CT molecular complexity index is 747. The molecule has 2 aromatic rings. The molecular weight excluding hydrogens is 320 g/mol. The number of morpholine rings is 2. The van der Waals surface area contributed by atoms with Crippen LogP contribution in [0.4, 0.5) is 11.8 Å². The summed E-state index contributed by atoms with van der Waals surface area (Å²) < 4.78 is 13.3. The number of fused-ring (bicyclic) bond motifs is 1. The van der Waals surface area contributed by atoms with E-state index in [1.54, 1.807) is 6.33 Å². The smallest absolute Gasteiger partial charge is 0.208 e. The molecule has 0 aromatic carbocycles. The van der Waals surface area contributed by atoms with E-state index in [0.29, 0.717) is 0 Å². The molecule has 8 heteroatoms. The lowest BCUT2D eigenvalue weighted by molar-refractivity contribution is 0.121. The molecule has 1 saturated carbocycles. The first-order valence-corrected chi connectivity index (χ1v) is 9.27. The second kappa shape index (κ2) is 6.42. The van der Waals surface area contributed by atoms with E-state index in [-0.39, 0.29) is 0 Å². The Morgan fingerprint density at radius 1 is 0.920 bits per heavy atom. The highest BCUT2D eigenvalue weighted by Gasteiger charge is 2.29. The molecule has 0 atom stereocenters. The van der Waals surface area contributed by atoms with Crippen LogP contribution in [0.5, 0.6) is 0 Å². The summed E-state index contributed by atoms with van der Waals surface area (Å²) in [6, 6.07) is 0. The van der Waals surface area contributed by atoms with Gasteiger partial charge in [0.25, 0.3) is 0 Å². The molecule has 2 saturated heterocycles. The molecule has 0 N–H and O–H groups in total. The first kappa shape index (κ1) is 15.3. The third kappa shape index (κ3) is 2.93. The molecule has 5 rings (SSSR count). The molecule has 2 aliphatic heterocycles. The molecule has 0 radical (unpaired) electrons. The number of rotatable bonds is 4. The summed E-state index contributed by atoms with van der Waals surface area (Å²) in [6.45, 7) is 7.48. The standard InChI is InChI=1S/C17H24N6O2/c1-2-13(1)11-23-16-14(20-17(23)22-5-9-25-10-6-22)15(18-12-19-16)21-3-7-24-8-4-21/h12-13H,1-11H2. The van der Waals surface area contributed by atoms with Crippen molar-refractivity contribution in [3.63, 3.8) is 0 Å². The van der Waals surface area contributed by atoms with Gasteiger partial charge < -0.3 is 19.3 Å². The summed E-state index contributed by atoms with van der Waals surface area (Å²) in [5.41, 5.74) is 1.89. The SMILES string of the molecule is c1nc(N2CCOCC2)c2nc(N3CCOCC3)n(CC3CC3)c2n1. The quantitative estimate of drug-likeness (QED) is 0.816. The molecular formula is C17H24N6O2. The number of hydrogen-bond acceptors (Lipinski definition) is 7. The van der Waals surface area contributed by atoms with E-state index in [1.165, 1.54) is 12.8 Å². The Balaban J connectivity index is 1.59. The first-order valence-electron chi connectivity index (χ1n) is 9.27. The summed E-state index contributed by atoms with van der Waals surface area (Å²) in [5, 5.41) is 0. The summed E-state index contributed by atoms with van der Waals surface area (Å²) >= 11 is 0. The fourth-order valence-corrected chi connectivity index (χ4v) is 3.65. The molecule has 8 nitrogen and oxygen atoms in total. The van der Waals surface area contributed by atoms with Crippen molar-refractivity contribution in [2.45, 2.75) is 19.4 Å². The number of anilines is 2. The van der Waals surface area contributed by atoms with Gasteiger partial charge in [-0.3, -0.25) is 4.57 Å². The third-order valence-electron chi connectivity index (χ3n) is 5.23. The van der Waals surface area contributed by atoms with Gasteiger partial charge in [-0.15, -0.1) is 0 Å². The molecule has 3 aliphatic rings. The van der Waals surface area contributed by atoms with E-state index >= 15 is 0 Å². The normalized spacial score (nSPS) is 21.9. The zero-order chi connectivity index (χ0) is 16.6. The molecule has 3 fully saturated rings. The van der Waals surface area contributed by atoms with Crippen LogP contribution in [0.2, 0.25) is 0 Å². The van der Waals surface area contributed by atoms with Gasteiger partial charge in [0.2, 0.25) is 5.95 Å². The minimum Gasteiger partial charge on any atom is -0.378 e. The molecule has 4 heterocycles. The predicted octanol–water partition coefficient (Wildman–Crippen LogP) is 0.909. The highest BCUT2D eigenvalue weighted by molar-refractivity contribution is 5.86. The second-order valence-electron chi connectivity index (χ2n) is 7.03. The number of imidazole rings is 1. The van der Waals surface area contributed by atoms with Gasteiger partial charge >= 0.3 is 0 Å². The minimum atomic E-state index is 0.741. The van der Waals surface area contributed by atoms with Crippen LogP contribution in [0.25, 0.3) is 11.2 Å². The van der Waals surface area contributed by atoms with Gasteiger partial charge in [-0.25, -0.2) is 15.0 Å². The van der Waals surface area contributed by atoms with Crippen molar-refractivity contribution in [2.75, 3.05) is 62.4 Å². The molecule has 25 heavy (non-hydrogen) atoms. The largest absolute Gasteiger partial charge is 0.378 e. The summed E-state index contributed by atoms with van der Waals surface area (Å²) in [6.07, 6.45) is 4.30. The Morgan fingerprint density at radius 3 is 2.28 bits per heavy atom. The van der Waals surface area contributed by atoms with Crippen LogP contribution in [-0.4, -0.2) is 72.1 Å². The molecule has 0 bridgehead atoms. The number of aromatic nitrogens is 4. The van der Waals surface area contributed by atoms with E-state index < -0.39 is 0 Å².